The third-order valence-corrected chi connectivity index (χ3v) is 2.89. The number of nitrogens with zero attached hydrogens (tertiary/aromatic N) is 1. The molecule has 5 heteroatoms. The van der Waals surface area contributed by atoms with Crippen LogP contribution in [0.15, 0.2) is 48.7 Å². The zero-order valence-electron chi connectivity index (χ0n) is 13.8. The van der Waals surface area contributed by atoms with Gasteiger partial charge < -0.3 is 15.4 Å². The summed E-state index contributed by atoms with van der Waals surface area (Å²) in [7, 11) is 0. The molecule has 23 heavy (non-hydrogen) atoms. The van der Waals surface area contributed by atoms with Crippen molar-refractivity contribution >= 4 is 17.4 Å². The van der Waals surface area contributed by atoms with Crippen LogP contribution in [0.4, 0.5) is 11.5 Å². The summed E-state index contributed by atoms with van der Waals surface area (Å²) in [5.74, 6) is 1.45. The number of anilines is 2. The molecule has 0 aliphatic heterocycles. The average molecular weight is 313 g/mol. The number of carbonyl (C=O) groups excluding carboxylic acids is 1. The van der Waals surface area contributed by atoms with Crippen molar-refractivity contribution in [3.05, 3.63) is 48.7 Å². The van der Waals surface area contributed by atoms with Crippen LogP contribution >= 0.6 is 0 Å². The molecule has 2 N–H and O–H groups in total. The predicted molar refractivity (Wildman–Crippen MR) is 92.8 cm³/mol. The first-order chi connectivity index (χ1) is 10.9. The van der Waals surface area contributed by atoms with Crippen molar-refractivity contribution in [1.29, 1.82) is 0 Å². The molecule has 2 rings (SSSR count). The number of aromatic nitrogens is 1. The van der Waals surface area contributed by atoms with Crippen molar-refractivity contribution in [2.45, 2.75) is 32.7 Å². The molecule has 0 aliphatic carbocycles. The van der Waals surface area contributed by atoms with Gasteiger partial charge in [0.1, 0.15) is 11.6 Å². The van der Waals surface area contributed by atoms with Gasteiger partial charge in [0.25, 0.3) is 0 Å². The fourth-order valence-corrected chi connectivity index (χ4v) is 1.93. The standard InChI is InChI=1S/C18H23N3O2/c1-18(2,3)21-16-10-9-14(13-19-16)20-17(22)11-12-23-15-7-5-4-6-8-15/h4-10,13H,11-12H2,1-3H3,(H,19,21)(H,20,22). The Bertz CT molecular complexity index is 619. The van der Waals surface area contributed by atoms with Crippen LogP contribution in [0, 0.1) is 0 Å². The van der Waals surface area contributed by atoms with Gasteiger partial charge in [-0.05, 0) is 45.0 Å². The van der Waals surface area contributed by atoms with E-state index < -0.39 is 0 Å². The van der Waals surface area contributed by atoms with Gasteiger partial charge in [-0.15, -0.1) is 0 Å². The highest BCUT2D eigenvalue weighted by Gasteiger charge is 2.10. The number of hydrogen-bond donors (Lipinski definition) is 2. The minimum absolute atomic E-state index is 0.0491. The second kappa shape index (κ2) is 7.63. The molecule has 0 saturated carbocycles. The molecule has 0 fully saturated rings. The maximum absolute atomic E-state index is 11.9. The van der Waals surface area contributed by atoms with E-state index in [1.165, 1.54) is 0 Å². The van der Waals surface area contributed by atoms with Gasteiger partial charge in [0, 0.05) is 5.54 Å². The number of benzene rings is 1. The summed E-state index contributed by atoms with van der Waals surface area (Å²) in [6.45, 7) is 6.54. The minimum atomic E-state index is -0.0979. The lowest BCUT2D eigenvalue weighted by Crippen LogP contribution is -2.26. The maximum Gasteiger partial charge on any atom is 0.227 e. The normalized spacial score (nSPS) is 10.9. The van der Waals surface area contributed by atoms with E-state index in [9.17, 15) is 4.79 Å². The van der Waals surface area contributed by atoms with E-state index in [1.54, 1.807) is 6.20 Å². The first-order valence-corrected chi connectivity index (χ1v) is 7.64. The molecule has 0 aliphatic rings. The molecule has 122 valence electrons. The molecule has 0 atom stereocenters. The Morgan fingerprint density at radius 2 is 1.87 bits per heavy atom. The molecule has 0 radical (unpaired) electrons. The highest BCUT2D eigenvalue weighted by atomic mass is 16.5. The van der Waals surface area contributed by atoms with E-state index in [1.807, 2.05) is 42.5 Å². The van der Waals surface area contributed by atoms with Crippen LogP contribution in [0.25, 0.3) is 0 Å². The average Bonchev–Trinajstić information content (AvgIpc) is 2.49. The zero-order valence-corrected chi connectivity index (χ0v) is 13.8. The number of hydrogen-bond acceptors (Lipinski definition) is 4. The lowest BCUT2D eigenvalue weighted by molar-refractivity contribution is -0.116. The van der Waals surface area contributed by atoms with Gasteiger partial charge in [-0.25, -0.2) is 4.98 Å². The van der Waals surface area contributed by atoms with Crippen LogP contribution in [0.5, 0.6) is 5.75 Å². The summed E-state index contributed by atoms with van der Waals surface area (Å²) in [6.07, 6.45) is 1.93. The molecule has 0 bridgehead atoms. The lowest BCUT2D eigenvalue weighted by Gasteiger charge is -2.21. The Balaban J connectivity index is 1.76. The number of ether oxygens (including phenoxy) is 1. The molecule has 1 aromatic heterocycles. The van der Waals surface area contributed by atoms with Crippen LogP contribution in [0.1, 0.15) is 27.2 Å². The summed E-state index contributed by atoms with van der Waals surface area (Å²) in [5, 5.41) is 6.08. The molecule has 0 spiro atoms. The van der Waals surface area contributed by atoms with E-state index in [2.05, 4.69) is 36.4 Å². The van der Waals surface area contributed by atoms with Crippen LogP contribution in [0.3, 0.4) is 0 Å². The summed E-state index contributed by atoms with van der Waals surface area (Å²) in [5.41, 5.74) is 0.626. The van der Waals surface area contributed by atoms with Gasteiger partial charge in [-0.1, -0.05) is 18.2 Å². The van der Waals surface area contributed by atoms with Crippen LogP contribution in [-0.4, -0.2) is 23.0 Å². The number of nitrogens with one attached hydrogen (secondary N) is 2. The summed E-state index contributed by atoms with van der Waals surface area (Å²) >= 11 is 0. The number of rotatable bonds is 6. The Labute approximate surface area is 137 Å². The number of pyridine rings is 1. The molecule has 1 aromatic carbocycles. The smallest absolute Gasteiger partial charge is 0.227 e. The van der Waals surface area contributed by atoms with Crippen molar-refractivity contribution < 1.29 is 9.53 Å². The summed E-state index contributed by atoms with van der Waals surface area (Å²) in [6, 6.07) is 13.1. The van der Waals surface area contributed by atoms with Crippen LogP contribution < -0.4 is 15.4 Å². The third kappa shape index (κ3) is 6.38. The Kier molecular flexibility index (Phi) is 5.57. The van der Waals surface area contributed by atoms with Gasteiger partial charge in [0.05, 0.1) is 24.9 Å². The quantitative estimate of drug-likeness (QED) is 0.853. The van der Waals surface area contributed by atoms with E-state index in [4.69, 9.17) is 4.74 Å². The van der Waals surface area contributed by atoms with Crippen molar-refractivity contribution in [2.75, 3.05) is 17.2 Å². The van der Waals surface area contributed by atoms with E-state index in [0.29, 0.717) is 12.3 Å². The van der Waals surface area contributed by atoms with Gasteiger partial charge >= 0.3 is 0 Å². The van der Waals surface area contributed by atoms with Gasteiger partial charge in [-0.3, -0.25) is 4.79 Å². The zero-order chi connectivity index (χ0) is 16.7. The second-order valence-corrected chi connectivity index (χ2v) is 6.27. The van der Waals surface area contributed by atoms with Crippen molar-refractivity contribution in [3.63, 3.8) is 0 Å². The second-order valence-electron chi connectivity index (χ2n) is 6.27. The Morgan fingerprint density at radius 3 is 2.48 bits per heavy atom. The number of amides is 1. The third-order valence-electron chi connectivity index (χ3n) is 2.89. The molecule has 0 unspecified atom stereocenters. The summed E-state index contributed by atoms with van der Waals surface area (Å²) in [4.78, 5) is 16.2. The topological polar surface area (TPSA) is 63.2 Å². The lowest BCUT2D eigenvalue weighted by atomic mass is 10.1. The fraction of sp³-hybridized carbons (Fsp3) is 0.333. The number of para-hydroxylation sites is 1. The van der Waals surface area contributed by atoms with Crippen LogP contribution in [0.2, 0.25) is 0 Å². The molecule has 5 nitrogen and oxygen atoms in total. The van der Waals surface area contributed by atoms with Crippen molar-refractivity contribution in [2.24, 2.45) is 0 Å². The van der Waals surface area contributed by atoms with Crippen molar-refractivity contribution in [1.82, 2.24) is 4.98 Å². The first-order valence-electron chi connectivity index (χ1n) is 7.64. The minimum Gasteiger partial charge on any atom is -0.493 e. The van der Waals surface area contributed by atoms with Crippen molar-refractivity contribution in [3.8, 4) is 5.75 Å². The molecular weight excluding hydrogens is 290 g/mol. The molecule has 1 heterocycles. The van der Waals surface area contributed by atoms with E-state index in [-0.39, 0.29) is 17.9 Å². The molecule has 2 aromatic rings. The molecule has 0 saturated heterocycles. The SMILES string of the molecule is CC(C)(C)Nc1ccc(NC(=O)CCOc2ccccc2)cn1. The van der Waals surface area contributed by atoms with E-state index >= 15 is 0 Å². The Morgan fingerprint density at radius 1 is 1.13 bits per heavy atom. The largest absolute Gasteiger partial charge is 0.493 e. The molecular formula is C18H23N3O2. The molecule has 1 amide bonds. The fourth-order valence-electron chi connectivity index (χ4n) is 1.93. The summed E-state index contributed by atoms with van der Waals surface area (Å²) < 4.78 is 5.50. The van der Waals surface area contributed by atoms with Gasteiger partial charge in [0.15, 0.2) is 0 Å². The monoisotopic (exact) mass is 313 g/mol. The van der Waals surface area contributed by atoms with Crippen LogP contribution in [-0.2, 0) is 4.79 Å². The first kappa shape index (κ1) is 16.8. The maximum atomic E-state index is 11.9. The van der Waals surface area contributed by atoms with Gasteiger partial charge in [0.2, 0.25) is 5.91 Å². The predicted octanol–water partition coefficient (Wildman–Crippen LogP) is 3.70. The van der Waals surface area contributed by atoms with E-state index in [0.717, 1.165) is 11.6 Å². The highest BCUT2D eigenvalue weighted by molar-refractivity contribution is 5.90. The number of carbonyl (C=O) groups is 1. The van der Waals surface area contributed by atoms with Gasteiger partial charge in [-0.2, -0.15) is 0 Å². The highest BCUT2D eigenvalue weighted by Crippen LogP contribution is 2.14. The Hall–Kier alpha value is -2.56.